The van der Waals surface area contributed by atoms with Gasteiger partial charge >= 0.3 is 0 Å². The van der Waals surface area contributed by atoms with Crippen LogP contribution in [0.5, 0.6) is 5.75 Å². The smallest absolute Gasteiger partial charge is 0.185 e. The molecule has 7 nitrogen and oxygen atoms in total. The summed E-state index contributed by atoms with van der Waals surface area (Å²) < 4.78 is 48.9. The quantitative estimate of drug-likeness (QED) is 0.483. The first-order valence-corrected chi connectivity index (χ1v) is 12.2. The van der Waals surface area contributed by atoms with Crippen LogP contribution in [0.3, 0.4) is 0 Å². The van der Waals surface area contributed by atoms with Crippen molar-refractivity contribution < 1.29 is 27.8 Å². The Morgan fingerprint density at radius 2 is 1.97 bits per heavy atom. The maximum Gasteiger partial charge on any atom is 0.185 e. The second-order valence-electron chi connectivity index (χ2n) is 9.46. The Bertz CT molecular complexity index is 1370. The average Bonchev–Trinajstić information content (AvgIpc) is 3.25. The molecule has 0 spiro atoms. The summed E-state index contributed by atoms with van der Waals surface area (Å²) in [5, 5.41) is 10.4. The van der Waals surface area contributed by atoms with Gasteiger partial charge < -0.3 is 20.5 Å². The van der Waals surface area contributed by atoms with E-state index in [1.807, 2.05) is 0 Å². The fourth-order valence-electron chi connectivity index (χ4n) is 5.23. The second-order valence-corrected chi connectivity index (χ2v) is 9.46. The number of methoxy groups -OCH3 is 1. The van der Waals surface area contributed by atoms with Gasteiger partial charge in [0.2, 0.25) is 0 Å². The van der Waals surface area contributed by atoms with Crippen molar-refractivity contribution in [3.05, 3.63) is 70.4 Å². The predicted octanol–water partition coefficient (Wildman–Crippen LogP) is 3.90. The number of carbonyl (C=O) groups is 1. The first kappa shape index (κ1) is 25.2. The number of piperidine rings is 1. The van der Waals surface area contributed by atoms with Gasteiger partial charge in [0.25, 0.3) is 0 Å². The Balaban J connectivity index is 1.52. The second kappa shape index (κ2) is 10.1. The molecule has 2 aliphatic rings. The standard InChI is InChI=1S/C27H27F3N4O3/c1-37-22-9-6-17(28)23(24(22)30)26-18(29)5-7-19(33-26)21(36)11-14-12-32-25-16(4-8-20(25)35)27(14)34-10-2-3-15(31)13-34/h5-7,9,12,15,20,35H,2-4,8,10-11,13,31H2,1H3/t15-,20?/m0/s1. The number of benzene rings is 1. The van der Waals surface area contributed by atoms with Crippen molar-refractivity contribution in [3.63, 3.8) is 0 Å². The van der Waals surface area contributed by atoms with E-state index >= 15 is 0 Å². The minimum Gasteiger partial charge on any atom is -0.494 e. The lowest BCUT2D eigenvalue weighted by Crippen LogP contribution is -2.43. The molecule has 0 radical (unpaired) electrons. The molecule has 0 bridgehead atoms. The first-order chi connectivity index (χ1) is 17.8. The number of aliphatic hydroxyl groups excluding tert-OH is 1. The highest BCUT2D eigenvalue weighted by molar-refractivity contribution is 5.97. The number of anilines is 1. The molecule has 3 aromatic rings. The molecule has 0 saturated carbocycles. The number of rotatable bonds is 6. The number of carbonyl (C=O) groups excluding carboxylic acids is 1. The largest absolute Gasteiger partial charge is 0.494 e. The molecule has 0 amide bonds. The number of fused-ring (bicyclic) bond motifs is 1. The number of Topliss-reactive ketones (excluding diaryl/α,β-unsaturated/α-hetero) is 1. The summed E-state index contributed by atoms with van der Waals surface area (Å²) in [6, 6.07) is 4.19. The van der Waals surface area contributed by atoms with Crippen molar-refractivity contribution in [1.29, 1.82) is 0 Å². The number of aliphatic hydroxyl groups is 1. The molecular formula is C27H27F3N4O3. The Kier molecular flexibility index (Phi) is 6.87. The molecular weight excluding hydrogens is 485 g/mol. The maximum atomic E-state index is 14.8. The molecule has 1 saturated heterocycles. The van der Waals surface area contributed by atoms with Crippen LogP contribution in [0.25, 0.3) is 11.3 Å². The zero-order valence-electron chi connectivity index (χ0n) is 20.3. The highest BCUT2D eigenvalue weighted by Crippen LogP contribution is 2.39. The maximum absolute atomic E-state index is 14.8. The molecule has 3 heterocycles. The fraction of sp³-hybridized carbons (Fsp3) is 0.370. The summed E-state index contributed by atoms with van der Waals surface area (Å²) in [7, 11) is 1.21. The molecule has 2 atom stereocenters. The lowest BCUT2D eigenvalue weighted by molar-refractivity contribution is 0.0988. The number of pyridine rings is 2. The molecule has 5 rings (SSSR count). The Morgan fingerprint density at radius 3 is 2.73 bits per heavy atom. The van der Waals surface area contributed by atoms with Crippen LogP contribution in [0.15, 0.2) is 30.5 Å². The van der Waals surface area contributed by atoms with Gasteiger partial charge in [-0.3, -0.25) is 9.78 Å². The Labute approximate surface area is 212 Å². The predicted molar refractivity (Wildman–Crippen MR) is 131 cm³/mol. The Hall–Kier alpha value is -3.50. The van der Waals surface area contributed by atoms with E-state index in [2.05, 4.69) is 14.9 Å². The van der Waals surface area contributed by atoms with E-state index in [0.29, 0.717) is 30.6 Å². The molecule has 1 fully saturated rings. The number of ether oxygens (including phenoxy) is 1. The van der Waals surface area contributed by atoms with Gasteiger partial charge in [-0.25, -0.2) is 18.2 Å². The summed E-state index contributed by atoms with van der Waals surface area (Å²) in [5.74, 6) is -3.85. The lowest BCUT2D eigenvalue weighted by Gasteiger charge is -2.35. The van der Waals surface area contributed by atoms with Crippen LogP contribution in [0.1, 0.15) is 52.7 Å². The number of nitrogens with two attached hydrogens (primary N) is 1. The minimum absolute atomic E-state index is 0.0126. The van der Waals surface area contributed by atoms with E-state index < -0.39 is 40.6 Å². The van der Waals surface area contributed by atoms with Crippen LogP contribution in [0, 0.1) is 17.5 Å². The van der Waals surface area contributed by atoms with Crippen molar-refractivity contribution in [1.82, 2.24) is 9.97 Å². The van der Waals surface area contributed by atoms with Crippen LogP contribution in [0.4, 0.5) is 18.9 Å². The minimum atomic E-state index is -1.11. The van der Waals surface area contributed by atoms with Gasteiger partial charge in [0.05, 0.1) is 24.5 Å². The highest BCUT2D eigenvalue weighted by atomic mass is 19.1. The van der Waals surface area contributed by atoms with Gasteiger partial charge in [-0.2, -0.15) is 0 Å². The van der Waals surface area contributed by atoms with Crippen LogP contribution in [-0.4, -0.2) is 47.1 Å². The highest BCUT2D eigenvalue weighted by Gasteiger charge is 2.31. The van der Waals surface area contributed by atoms with Gasteiger partial charge in [0.1, 0.15) is 23.0 Å². The van der Waals surface area contributed by atoms with E-state index in [1.54, 1.807) is 6.20 Å². The van der Waals surface area contributed by atoms with Gasteiger partial charge in [-0.05, 0) is 49.9 Å². The molecule has 10 heteroatoms. The lowest BCUT2D eigenvalue weighted by atomic mass is 9.98. The molecule has 194 valence electrons. The third-order valence-corrected chi connectivity index (χ3v) is 7.01. The van der Waals surface area contributed by atoms with Crippen molar-refractivity contribution in [2.75, 3.05) is 25.1 Å². The van der Waals surface area contributed by atoms with Crippen LogP contribution < -0.4 is 15.4 Å². The van der Waals surface area contributed by atoms with Crippen molar-refractivity contribution in [3.8, 4) is 17.0 Å². The molecule has 1 aliphatic heterocycles. The molecule has 1 unspecified atom stereocenters. The zero-order valence-corrected chi connectivity index (χ0v) is 20.3. The molecule has 1 aliphatic carbocycles. The number of hydrogen-bond donors (Lipinski definition) is 2. The van der Waals surface area contributed by atoms with Gasteiger partial charge in [-0.1, -0.05) is 0 Å². The van der Waals surface area contributed by atoms with E-state index in [1.165, 1.54) is 13.2 Å². The summed E-state index contributed by atoms with van der Waals surface area (Å²) in [6.45, 7) is 1.37. The normalized spacial score (nSPS) is 19.1. The third-order valence-electron chi connectivity index (χ3n) is 7.01. The number of hydrogen-bond acceptors (Lipinski definition) is 7. The van der Waals surface area contributed by atoms with E-state index in [0.717, 1.165) is 48.8 Å². The number of ketones is 1. The SMILES string of the molecule is COc1ccc(F)c(-c2nc(C(=O)Cc3cnc4c(c3N3CCC[C@H](N)C3)CCC4O)ccc2F)c1F. The average molecular weight is 513 g/mol. The molecule has 1 aromatic carbocycles. The zero-order chi connectivity index (χ0) is 26.3. The van der Waals surface area contributed by atoms with Crippen molar-refractivity contribution in [2.24, 2.45) is 5.73 Å². The topological polar surface area (TPSA) is 102 Å². The first-order valence-electron chi connectivity index (χ1n) is 12.2. The molecule has 2 aromatic heterocycles. The van der Waals surface area contributed by atoms with Gasteiger partial charge in [0.15, 0.2) is 17.3 Å². The number of nitrogens with zero attached hydrogens (tertiary/aromatic N) is 3. The monoisotopic (exact) mass is 512 g/mol. The van der Waals surface area contributed by atoms with E-state index in [9.17, 15) is 23.1 Å². The Morgan fingerprint density at radius 1 is 1.19 bits per heavy atom. The summed E-state index contributed by atoms with van der Waals surface area (Å²) in [5.41, 5.74) is 7.75. The summed E-state index contributed by atoms with van der Waals surface area (Å²) >= 11 is 0. The number of aromatic nitrogens is 2. The fourth-order valence-corrected chi connectivity index (χ4v) is 5.23. The summed E-state index contributed by atoms with van der Waals surface area (Å²) in [4.78, 5) is 23.9. The van der Waals surface area contributed by atoms with E-state index in [-0.39, 0.29) is 23.9 Å². The van der Waals surface area contributed by atoms with Crippen molar-refractivity contribution in [2.45, 2.75) is 44.2 Å². The third kappa shape index (κ3) is 4.67. The molecule has 37 heavy (non-hydrogen) atoms. The van der Waals surface area contributed by atoms with Crippen LogP contribution in [-0.2, 0) is 12.8 Å². The number of halogens is 3. The molecule has 3 N–H and O–H groups in total. The van der Waals surface area contributed by atoms with E-state index in [4.69, 9.17) is 10.5 Å². The van der Waals surface area contributed by atoms with Crippen LogP contribution in [0.2, 0.25) is 0 Å². The van der Waals surface area contributed by atoms with Gasteiger partial charge in [-0.15, -0.1) is 0 Å². The van der Waals surface area contributed by atoms with Crippen LogP contribution >= 0.6 is 0 Å². The summed E-state index contributed by atoms with van der Waals surface area (Å²) in [6.07, 6.45) is 3.78. The van der Waals surface area contributed by atoms with Gasteiger partial charge in [0, 0.05) is 48.6 Å². The van der Waals surface area contributed by atoms with Crippen molar-refractivity contribution >= 4 is 11.5 Å².